The summed E-state index contributed by atoms with van der Waals surface area (Å²) < 4.78 is 7.60. The third kappa shape index (κ3) is 6.87. The van der Waals surface area contributed by atoms with Gasteiger partial charge in [0, 0.05) is 40.3 Å². The molecule has 1 aliphatic rings. The largest absolute Gasteiger partial charge is 0.376 e. The van der Waals surface area contributed by atoms with E-state index in [0.717, 1.165) is 31.1 Å². The van der Waals surface area contributed by atoms with E-state index in [2.05, 4.69) is 20.5 Å². The van der Waals surface area contributed by atoms with Crippen molar-refractivity contribution in [1.82, 2.24) is 29.9 Å². The number of guanidine groups is 1. The molecule has 28 heavy (non-hydrogen) atoms. The van der Waals surface area contributed by atoms with Gasteiger partial charge >= 0.3 is 0 Å². The molecule has 1 aromatic rings. The van der Waals surface area contributed by atoms with Gasteiger partial charge in [-0.2, -0.15) is 0 Å². The Morgan fingerprint density at radius 3 is 2.61 bits per heavy atom. The molecule has 1 atom stereocenters. The highest BCUT2D eigenvalue weighted by atomic mass is 127. The lowest BCUT2D eigenvalue weighted by atomic mass is 10.2. The SMILES string of the molecule is CCN(CC)C(=O)CN(C)C(=NCc1nnc(C)n1C)NCC1CCCO1.I. The van der Waals surface area contributed by atoms with Crippen molar-refractivity contribution in [3.8, 4) is 0 Å². The van der Waals surface area contributed by atoms with Crippen LogP contribution in [0.25, 0.3) is 0 Å². The highest BCUT2D eigenvalue weighted by Gasteiger charge is 2.19. The fraction of sp³-hybridized carbons (Fsp3) is 0.778. The maximum atomic E-state index is 12.5. The van der Waals surface area contributed by atoms with Crippen LogP contribution in [0.2, 0.25) is 0 Å². The zero-order valence-electron chi connectivity index (χ0n) is 17.6. The van der Waals surface area contributed by atoms with Gasteiger partial charge in [0.05, 0.1) is 12.6 Å². The van der Waals surface area contributed by atoms with Gasteiger partial charge < -0.3 is 24.4 Å². The number of aromatic nitrogens is 3. The predicted octanol–water partition coefficient (Wildman–Crippen LogP) is 1.17. The second kappa shape index (κ2) is 12.2. The third-order valence-corrected chi connectivity index (χ3v) is 4.91. The summed E-state index contributed by atoms with van der Waals surface area (Å²) in [4.78, 5) is 20.8. The minimum absolute atomic E-state index is 0. The molecule has 1 fully saturated rings. The smallest absolute Gasteiger partial charge is 0.242 e. The molecular weight excluding hydrogens is 473 g/mol. The monoisotopic (exact) mass is 507 g/mol. The van der Waals surface area contributed by atoms with Crippen LogP contribution in [0.5, 0.6) is 0 Å². The van der Waals surface area contributed by atoms with Gasteiger partial charge in [0.1, 0.15) is 12.4 Å². The first-order valence-corrected chi connectivity index (χ1v) is 9.69. The number of likely N-dealkylation sites (N-methyl/N-ethyl adjacent to an activating group) is 2. The quantitative estimate of drug-likeness (QED) is 0.323. The molecule has 2 rings (SSSR count). The first-order valence-electron chi connectivity index (χ1n) is 9.69. The number of carbonyl (C=O) groups is 1. The number of aryl methyl sites for hydroxylation is 1. The lowest BCUT2D eigenvalue weighted by molar-refractivity contribution is -0.131. The van der Waals surface area contributed by atoms with Crippen molar-refractivity contribution in [2.24, 2.45) is 12.0 Å². The van der Waals surface area contributed by atoms with Gasteiger partial charge in [-0.25, -0.2) is 4.99 Å². The molecule has 0 bridgehead atoms. The third-order valence-electron chi connectivity index (χ3n) is 4.91. The summed E-state index contributed by atoms with van der Waals surface area (Å²) in [7, 11) is 3.80. The van der Waals surface area contributed by atoms with Crippen molar-refractivity contribution in [3.05, 3.63) is 11.6 Å². The fourth-order valence-corrected chi connectivity index (χ4v) is 3.01. The molecule has 0 aromatic carbocycles. The van der Waals surface area contributed by atoms with Crippen LogP contribution in [0, 0.1) is 6.92 Å². The van der Waals surface area contributed by atoms with E-state index >= 15 is 0 Å². The summed E-state index contributed by atoms with van der Waals surface area (Å²) in [6.07, 6.45) is 2.33. The first kappa shape index (κ1) is 24.6. The van der Waals surface area contributed by atoms with Gasteiger partial charge in [-0.05, 0) is 33.6 Å². The van der Waals surface area contributed by atoms with Gasteiger partial charge in [-0.1, -0.05) is 0 Å². The van der Waals surface area contributed by atoms with E-state index in [4.69, 9.17) is 4.74 Å². The molecule has 2 heterocycles. The lowest BCUT2D eigenvalue weighted by Crippen LogP contribution is -2.47. The Kier molecular flexibility index (Phi) is 10.7. The summed E-state index contributed by atoms with van der Waals surface area (Å²) in [5.41, 5.74) is 0. The molecule has 0 aliphatic carbocycles. The molecule has 1 amide bonds. The van der Waals surface area contributed by atoms with Crippen molar-refractivity contribution in [2.45, 2.75) is 46.3 Å². The highest BCUT2D eigenvalue weighted by Crippen LogP contribution is 2.10. The summed E-state index contributed by atoms with van der Waals surface area (Å²) >= 11 is 0. The number of ether oxygens (including phenoxy) is 1. The molecular formula is C18H34IN7O2. The second-order valence-electron chi connectivity index (χ2n) is 6.80. The summed E-state index contributed by atoms with van der Waals surface area (Å²) in [5, 5.41) is 11.6. The van der Waals surface area contributed by atoms with Gasteiger partial charge in [0.2, 0.25) is 5.91 Å². The summed E-state index contributed by atoms with van der Waals surface area (Å²) in [5.74, 6) is 2.39. The van der Waals surface area contributed by atoms with E-state index < -0.39 is 0 Å². The number of amides is 1. The van der Waals surface area contributed by atoms with Crippen LogP contribution >= 0.6 is 24.0 Å². The number of halogens is 1. The Morgan fingerprint density at radius 1 is 1.36 bits per heavy atom. The summed E-state index contributed by atoms with van der Waals surface area (Å²) in [6, 6.07) is 0. The zero-order chi connectivity index (χ0) is 19.8. The number of nitrogens with one attached hydrogen (secondary N) is 1. The average molecular weight is 507 g/mol. The fourth-order valence-electron chi connectivity index (χ4n) is 3.01. The van der Waals surface area contributed by atoms with E-state index in [1.807, 2.05) is 49.2 Å². The normalized spacial score (nSPS) is 16.6. The second-order valence-corrected chi connectivity index (χ2v) is 6.80. The molecule has 1 unspecified atom stereocenters. The highest BCUT2D eigenvalue weighted by molar-refractivity contribution is 14.0. The molecule has 1 aromatic heterocycles. The molecule has 0 radical (unpaired) electrons. The Hall–Kier alpha value is -1.43. The van der Waals surface area contributed by atoms with Crippen molar-refractivity contribution in [1.29, 1.82) is 0 Å². The molecule has 0 saturated carbocycles. The first-order chi connectivity index (χ1) is 13.0. The lowest BCUT2D eigenvalue weighted by Gasteiger charge is -2.26. The standard InChI is InChI=1S/C18H33N7O2.HI/c1-6-25(7-2)17(26)13-23(4)18(19-11-15-9-8-10-27-15)20-12-16-22-21-14(3)24(16)5;/h15H,6-13H2,1-5H3,(H,19,20);1H. The van der Waals surface area contributed by atoms with Crippen LogP contribution in [-0.2, 0) is 23.1 Å². The number of carbonyl (C=O) groups excluding carboxylic acids is 1. The minimum Gasteiger partial charge on any atom is -0.376 e. The van der Waals surface area contributed by atoms with Gasteiger partial charge in [0.25, 0.3) is 0 Å². The van der Waals surface area contributed by atoms with E-state index in [1.54, 1.807) is 0 Å². The van der Waals surface area contributed by atoms with Crippen LogP contribution in [0.4, 0.5) is 0 Å². The van der Waals surface area contributed by atoms with E-state index in [-0.39, 0.29) is 42.5 Å². The van der Waals surface area contributed by atoms with Crippen molar-refractivity contribution >= 4 is 35.8 Å². The number of hydrogen-bond donors (Lipinski definition) is 1. The minimum atomic E-state index is 0. The topological polar surface area (TPSA) is 87.9 Å². The van der Waals surface area contributed by atoms with Crippen molar-refractivity contribution < 1.29 is 9.53 Å². The molecule has 9 nitrogen and oxygen atoms in total. The van der Waals surface area contributed by atoms with Crippen LogP contribution < -0.4 is 5.32 Å². The van der Waals surface area contributed by atoms with Gasteiger partial charge in [-0.3, -0.25) is 4.79 Å². The van der Waals surface area contributed by atoms with Crippen LogP contribution in [-0.4, -0.2) is 82.4 Å². The van der Waals surface area contributed by atoms with Crippen molar-refractivity contribution in [3.63, 3.8) is 0 Å². The Morgan fingerprint density at radius 2 is 2.07 bits per heavy atom. The average Bonchev–Trinajstić information content (AvgIpc) is 3.27. The molecule has 10 heteroatoms. The molecule has 1 aliphatic heterocycles. The van der Waals surface area contributed by atoms with Gasteiger partial charge in [-0.15, -0.1) is 34.2 Å². The van der Waals surface area contributed by atoms with E-state index in [9.17, 15) is 4.79 Å². The van der Waals surface area contributed by atoms with Crippen LogP contribution in [0.3, 0.4) is 0 Å². The van der Waals surface area contributed by atoms with Crippen molar-refractivity contribution in [2.75, 3.05) is 39.8 Å². The maximum absolute atomic E-state index is 12.5. The Balaban J connectivity index is 0.00000392. The van der Waals surface area contributed by atoms with Gasteiger partial charge in [0.15, 0.2) is 11.8 Å². The Bertz CT molecular complexity index is 640. The predicted molar refractivity (Wildman–Crippen MR) is 120 cm³/mol. The number of aliphatic imine (C=N–C) groups is 1. The number of hydrogen-bond acceptors (Lipinski definition) is 5. The zero-order valence-corrected chi connectivity index (χ0v) is 20.0. The molecule has 1 N–H and O–H groups in total. The molecule has 1 saturated heterocycles. The number of nitrogens with zero attached hydrogens (tertiary/aromatic N) is 6. The van der Waals surface area contributed by atoms with Crippen LogP contribution in [0.15, 0.2) is 4.99 Å². The maximum Gasteiger partial charge on any atom is 0.242 e. The molecule has 0 spiro atoms. The number of rotatable bonds is 8. The van der Waals surface area contributed by atoms with E-state index in [0.29, 0.717) is 32.1 Å². The van der Waals surface area contributed by atoms with Crippen LogP contribution in [0.1, 0.15) is 38.3 Å². The summed E-state index contributed by atoms with van der Waals surface area (Å²) in [6.45, 7) is 9.46. The van der Waals surface area contributed by atoms with E-state index in [1.165, 1.54) is 0 Å². The molecule has 160 valence electrons. The Labute approximate surface area is 184 Å².